The maximum atomic E-state index is 11.1. The molecular weight excluding hydrogens is 266 g/mol. The highest BCUT2D eigenvalue weighted by atomic mass is 16.4. The molecule has 0 radical (unpaired) electrons. The fraction of sp³-hybridized carbons (Fsp3) is 0.588. The zero-order chi connectivity index (χ0) is 16.0. The molecule has 0 saturated heterocycles. The summed E-state index contributed by atoms with van der Waals surface area (Å²) in [5.74, 6) is -0.507. The lowest BCUT2D eigenvalue weighted by molar-refractivity contribution is -0.139. The van der Waals surface area contributed by atoms with Crippen LogP contribution >= 0.6 is 0 Å². The van der Waals surface area contributed by atoms with Crippen LogP contribution in [-0.2, 0) is 4.79 Å². The van der Waals surface area contributed by atoms with Gasteiger partial charge in [-0.3, -0.25) is 4.79 Å². The lowest BCUT2D eigenvalue weighted by Crippen LogP contribution is -2.38. The summed E-state index contributed by atoms with van der Waals surface area (Å²) in [6.45, 7) is 8.49. The van der Waals surface area contributed by atoms with Crippen LogP contribution < -0.4 is 5.32 Å². The van der Waals surface area contributed by atoms with Gasteiger partial charge in [0.2, 0.25) is 0 Å². The van der Waals surface area contributed by atoms with E-state index in [0.29, 0.717) is 25.3 Å². The number of hydrogen-bond acceptors (Lipinski definition) is 3. The lowest BCUT2D eigenvalue weighted by atomic mass is 9.99. The predicted octanol–water partition coefficient (Wildman–Crippen LogP) is 2.82. The molecule has 21 heavy (non-hydrogen) atoms. The molecule has 0 aromatic heterocycles. The van der Waals surface area contributed by atoms with Crippen molar-refractivity contribution in [3.05, 3.63) is 34.9 Å². The second kappa shape index (κ2) is 8.15. The highest BCUT2D eigenvalue weighted by Crippen LogP contribution is 2.21. The quantitative estimate of drug-likeness (QED) is 0.689. The standard InChI is InChI=1S/C17H27NO3/c1-11(2)9-15(17(20)21)18-8-7-16(19)14-6-5-12(3)10-13(14)4/h5-6,10-11,15-16,18-19H,7-9H2,1-4H3,(H,20,21). The zero-order valence-corrected chi connectivity index (χ0v) is 13.4. The van der Waals surface area contributed by atoms with E-state index in [9.17, 15) is 9.90 Å². The van der Waals surface area contributed by atoms with Crippen molar-refractivity contribution >= 4 is 5.97 Å². The zero-order valence-electron chi connectivity index (χ0n) is 13.4. The smallest absolute Gasteiger partial charge is 0.320 e. The number of aliphatic hydroxyl groups excluding tert-OH is 1. The van der Waals surface area contributed by atoms with E-state index < -0.39 is 18.1 Å². The third-order valence-electron chi connectivity index (χ3n) is 3.60. The number of aryl methyl sites for hydroxylation is 2. The highest BCUT2D eigenvalue weighted by molar-refractivity contribution is 5.73. The van der Waals surface area contributed by atoms with Crippen LogP contribution in [0.15, 0.2) is 18.2 Å². The maximum absolute atomic E-state index is 11.1. The molecule has 1 rings (SSSR count). The number of carboxylic acid groups (broad SMARTS) is 1. The largest absolute Gasteiger partial charge is 0.480 e. The maximum Gasteiger partial charge on any atom is 0.320 e. The van der Waals surface area contributed by atoms with E-state index in [1.807, 2.05) is 45.9 Å². The van der Waals surface area contributed by atoms with Gasteiger partial charge in [-0.05, 0) is 50.3 Å². The van der Waals surface area contributed by atoms with Crippen LogP contribution in [-0.4, -0.2) is 28.8 Å². The number of nitrogens with one attached hydrogen (secondary N) is 1. The van der Waals surface area contributed by atoms with Gasteiger partial charge < -0.3 is 15.5 Å². The Balaban J connectivity index is 2.52. The molecule has 2 atom stereocenters. The van der Waals surface area contributed by atoms with Crippen molar-refractivity contribution < 1.29 is 15.0 Å². The molecule has 3 N–H and O–H groups in total. The number of hydrogen-bond donors (Lipinski definition) is 3. The fourth-order valence-electron chi connectivity index (χ4n) is 2.49. The summed E-state index contributed by atoms with van der Waals surface area (Å²) in [6.07, 6.45) is 0.535. The molecule has 0 amide bonds. The molecule has 2 unspecified atom stereocenters. The summed E-state index contributed by atoms with van der Waals surface area (Å²) in [7, 11) is 0. The molecule has 1 aromatic rings. The topological polar surface area (TPSA) is 69.6 Å². The molecular formula is C17H27NO3. The molecule has 0 heterocycles. The Morgan fingerprint density at radius 3 is 2.48 bits per heavy atom. The molecule has 0 aliphatic heterocycles. The van der Waals surface area contributed by atoms with Crippen molar-refractivity contribution in [1.82, 2.24) is 5.32 Å². The first kappa shape index (κ1) is 17.7. The van der Waals surface area contributed by atoms with Crippen LogP contribution in [0.4, 0.5) is 0 Å². The molecule has 0 aliphatic carbocycles. The Morgan fingerprint density at radius 2 is 1.95 bits per heavy atom. The van der Waals surface area contributed by atoms with Crippen molar-refractivity contribution in [2.75, 3.05) is 6.54 Å². The summed E-state index contributed by atoms with van der Waals surface area (Å²) in [6, 6.07) is 5.43. The number of carbonyl (C=O) groups is 1. The average molecular weight is 293 g/mol. The number of aliphatic hydroxyl groups is 1. The summed E-state index contributed by atoms with van der Waals surface area (Å²) in [5.41, 5.74) is 3.15. The van der Waals surface area contributed by atoms with Gasteiger partial charge in [0.05, 0.1) is 6.10 Å². The first-order valence-electron chi connectivity index (χ1n) is 7.52. The van der Waals surface area contributed by atoms with Crippen molar-refractivity contribution in [2.24, 2.45) is 5.92 Å². The number of benzene rings is 1. The van der Waals surface area contributed by atoms with E-state index in [0.717, 1.165) is 11.1 Å². The monoisotopic (exact) mass is 293 g/mol. The molecule has 4 heteroatoms. The van der Waals surface area contributed by atoms with E-state index in [1.165, 1.54) is 5.56 Å². The van der Waals surface area contributed by atoms with E-state index >= 15 is 0 Å². The first-order valence-corrected chi connectivity index (χ1v) is 7.52. The molecule has 4 nitrogen and oxygen atoms in total. The Labute approximate surface area is 127 Å². The fourth-order valence-corrected chi connectivity index (χ4v) is 2.49. The van der Waals surface area contributed by atoms with Crippen LogP contribution in [0.25, 0.3) is 0 Å². The van der Waals surface area contributed by atoms with Gasteiger partial charge in [0, 0.05) is 0 Å². The SMILES string of the molecule is Cc1ccc(C(O)CCNC(CC(C)C)C(=O)O)c(C)c1. The van der Waals surface area contributed by atoms with Gasteiger partial charge in [-0.1, -0.05) is 37.6 Å². The van der Waals surface area contributed by atoms with E-state index in [2.05, 4.69) is 5.32 Å². The molecule has 1 aromatic carbocycles. The van der Waals surface area contributed by atoms with Gasteiger partial charge in [0.1, 0.15) is 6.04 Å². The first-order chi connectivity index (χ1) is 9.81. The Bertz CT molecular complexity index is 471. The van der Waals surface area contributed by atoms with Crippen molar-refractivity contribution in [2.45, 2.75) is 52.7 Å². The molecule has 0 fully saturated rings. The Hall–Kier alpha value is -1.39. The highest BCUT2D eigenvalue weighted by Gasteiger charge is 2.18. The van der Waals surface area contributed by atoms with Crippen LogP contribution in [0, 0.1) is 19.8 Å². The summed E-state index contributed by atoms with van der Waals surface area (Å²) >= 11 is 0. The molecule has 0 bridgehead atoms. The minimum absolute atomic E-state index is 0.322. The van der Waals surface area contributed by atoms with Crippen molar-refractivity contribution in [3.8, 4) is 0 Å². The molecule has 0 spiro atoms. The summed E-state index contributed by atoms with van der Waals surface area (Å²) in [4.78, 5) is 11.1. The predicted molar refractivity (Wildman–Crippen MR) is 84.4 cm³/mol. The Kier molecular flexibility index (Phi) is 6.85. The van der Waals surface area contributed by atoms with Crippen molar-refractivity contribution in [1.29, 1.82) is 0 Å². The van der Waals surface area contributed by atoms with Crippen LogP contribution in [0.5, 0.6) is 0 Å². The van der Waals surface area contributed by atoms with Crippen LogP contribution in [0.1, 0.15) is 49.5 Å². The molecule has 0 aliphatic rings. The van der Waals surface area contributed by atoms with E-state index in [1.54, 1.807) is 0 Å². The third kappa shape index (κ3) is 5.86. The summed E-state index contributed by atoms with van der Waals surface area (Å²) < 4.78 is 0. The second-order valence-electron chi connectivity index (χ2n) is 6.14. The minimum atomic E-state index is -0.829. The second-order valence-corrected chi connectivity index (χ2v) is 6.14. The van der Waals surface area contributed by atoms with Crippen molar-refractivity contribution in [3.63, 3.8) is 0 Å². The molecule has 118 valence electrons. The Morgan fingerprint density at radius 1 is 1.29 bits per heavy atom. The number of carboxylic acids is 1. The van der Waals surface area contributed by atoms with Gasteiger partial charge in [0.15, 0.2) is 0 Å². The minimum Gasteiger partial charge on any atom is -0.480 e. The normalized spacial score (nSPS) is 14.2. The van der Waals surface area contributed by atoms with Crippen LogP contribution in [0.2, 0.25) is 0 Å². The van der Waals surface area contributed by atoms with Crippen LogP contribution in [0.3, 0.4) is 0 Å². The molecule has 0 saturated carbocycles. The van der Waals surface area contributed by atoms with E-state index in [4.69, 9.17) is 5.11 Å². The average Bonchev–Trinajstić information content (AvgIpc) is 2.36. The van der Waals surface area contributed by atoms with Gasteiger partial charge in [0.25, 0.3) is 0 Å². The van der Waals surface area contributed by atoms with Gasteiger partial charge >= 0.3 is 5.97 Å². The lowest BCUT2D eigenvalue weighted by Gasteiger charge is -2.19. The third-order valence-corrected chi connectivity index (χ3v) is 3.60. The van der Waals surface area contributed by atoms with E-state index in [-0.39, 0.29) is 0 Å². The van der Waals surface area contributed by atoms with Gasteiger partial charge in [-0.25, -0.2) is 0 Å². The number of aliphatic carboxylic acids is 1. The van der Waals surface area contributed by atoms with Gasteiger partial charge in [-0.2, -0.15) is 0 Å². The van der Waals surface area contributed by atoms with Gasteiger partial charge in [-0.15, -0.1) is 0 Å². The number of rotatable bonds is 8. The summed E-state index contributed by atoms with van der Waals surface area (Å²) in [5, 5.41) is 22.4.